The Morgan fingerprint density at radius 2 is 1.88 bits per heavy atom. The number of carbonyl (C=O) groups excluding carboxylic acids is 2. The third-order valence-electron chi connectivity index (χ3n) is 1.66. The van der Waals surface area contributed by atoms with Crippen molar-refractivity contribution in [2.24, 2.45) is 10.9 Å². The molecular formula is C10H20N4O3. The van der Waals surface area contributed by atoms with Gasteiger partial charge in [0, 0.05) is 18.5 Å². The number of rotatable bonds is 5. The first-order valence-electron chi connectivity index (χ1n) is 5.28. The van der Waals surface area contributed by atoms with Gasteiger partial charge in [-0.1, -0.05) is 5.16 Å². The monoisotopic (exact) mass is 244 g/mol. The van der Waals surface area contributed by atoms with E-state index in [9.17, 15) is 9.59 Å². The first-order valence-corrected chi connectivity index (χ1v) is 5.28. The van der Waals surface area contributed by atoms with E-state index in [1.807, 2.05) is 20.8 Å². The summed E-state index contributed by atoms with van der Waals surface area (Å²) in [4.78, 5) is 22.5. The number of amidine groups is 1. The number of oxime groups is 1. The number of amides is 2. The van der Waals surface area contributed by atoms with E-state index in [4.69, 9.17) is 10.9 Å². The van der Waals surface area contributed by atoms with Crippen LogP contribution in [0.5, 0.6) is 0 Å². The van der Waals surface area contributed by atoms with E-state index < -0.39 is 0 Å². The van der Waals surface area contributed by atoms with Crippen molar-refractivity contribution in [3.63, 3.8) is 0 Å². The van der Waals surface area contributed by atoms with Crippen molar-refractivity contribution in [2.75, 3.05) is 6.54 Å². The van der Waals surface area contributed by atoms with E-state index in [0.717, 1.165) is 0 Å². The number of hydrogen-bond donors (Lipinski definition) is 4. The lowest BCUT2D eigenvalue weighted by Crippen LogP contribution is -2.42. The van der Waals surface area contributed by atoms with E-state index in [-0.39, 0.29) is 42.6 Å². The summed E-state index contributed by atoms with van der Waals surface area (Å²) in [6.07, 6.45) is 0.0105. The highest BCUT2D eigenvalue weighted by molar-refractivity contribution is 5.98. The maximum Gasteiger partial charge on any atom is 0.227 e. The summed E-state index contributed by atoms with van der Waals surface area (Å²) in [6, 6.07) is 0. The maximum absolute atomic E-state index is 11.4. The summed E-state index contributed by atoms with van der Waals surface area (Å²) < 4.78 is 0. The largest absolute Gasteiger partial charge is 0.409 e. The van der Waals surface area contributed by atoms with Crippen molar-refractivity contribution in [1.29, 1.82) is 0 Å². The van der Waals surface area contributed by atoms with Crippen molar-refractivity contribution < 1.29 is 14.8 Å². The highest BCUT2D eigenvalue weighted by atomic mass is 16.4. The number of nitrogens with zero attached hydrogens (tertiary/aromatic N) is 1. The molecular weight excluding hydrogens is 224 g/mol. The van der Waals surface area contributed by atoms with Gasteiger partial charge in [0.1, 0.15) is 5.84 Å². The summed E-state index contributed by atoms with van der Waals surface area (Å²) >= 11 is 0. The molecule has 0 aromatic carbocycles. The van der Waals surface area contributed by atoms with E-state index in [1.165, 1.54) is 0 Å². The fourth-order valence-corrected chi connectivity index (χ4v) is 1.06. The minimum Gasteiger partial charge on any atom is -0.409 e. The zero-order valence-electron chi connectivity index (χ0n) is 10.4. The molecule has 0 radical (unpaired) electrons. The fourth-order valence-electron chi connectivity index (χ4n) is 1.06. The molecule has 0 aromatic heterocycles. The predicted octanol–water partition coefficient (Wildman–Crippen LogP) is -0.456. The zero-order valence-corrected chi connectivity index (χ0v) is 10.4. The third kappa shape index (κ3) is 9.16. The van der Waals surface area contributed by atoms with Crippen LogP contribution >= 0.6 is 0 Å². The van der Waals surface area contributed by atoms with Gasteiger partial charge in [-0.05, 0) is 20.8 Å². The van der Waals surface area contributed by atoms with Crippen LogP contribution in [-0.2, 0) is 9.59 Å². The molecule has 0 fully saturated rings. The van der Waals surface area contributed by atoms with Crippen LogP contribution in [0.2, 0.25) is 0 Å². The molecule has 0 aliphatic carbocycles. The molecule has 0 heterocycles. The Kier molecular flexibility index (Phi) is 6.01. The molecule has 0 aromatic rings. The molecule has 0 saturated carbocycles. The number of carbonyl (C=O) groups is 2. The van der Waals surface area contributed by atoms with Crippen molar-refractivity contribution in [2.45, 2.75) is 39.2 Å². The third-order valence-corrected chi connectivity index (χ3v) is 1.66. The van der Waals surface area contributed by atoms with Gasteiger partial charge in [0.2, 0.25) is 11.8 Å². The molecule has 2 amide bonds. The Balaban J connectivity index is 3.78. The first-order chi connectivity index (χ1) is 7.74. The molecule has 5 N–H and O–H groups in total. The van der Waals surface area contributed by atoms with Crippen LogP contribution in [0.15, 0.2) is 5.16 Å². The average molecular weight is 244 g/mol. The van der Waals surface area contributed by atoms with Gasteiger partial charge in [0.25, 0.3) is 0 Å². The van der Waals surface area contributed by atoms with Gasteiger partial charge in [-0.3, -0.25) is 9.59 Å². The summed E-state index contributed by atoms with van der Waals surface area (Å²) in [7, 11) is 0. The highest BCUT2D eigenvalue weighted by Crippen LogP contribution is 1.98. The predicted molar refractivity (Wildman–Crippen MR) is 63.5 cm³/mol. The number of nitrogens with one attached hydrogen (secondary N) is 2. The molecule has 7 heteroatoms. The topological polar surface area (TPSA) is 117 Å². The molecule has 7 nitrogen and oxygen atoms in total. The molecule has 17 heavy (non-hydrogen) atoms. The average Bonchev–Trinajstić information content (AvgIpc) is 2.14. The Labute approximate surface area is 100 Å². The Hall–Kier alpha value is -1.79. The van der Waals surface area contributed by atoms with Gasteiger partial charge >= 0.3 is 0 Å². The van der Waals surface area contributed by atoms with E-state index in [2.05, 4.69) is 15.8 Å². The lowest BCUT2D eigenvalue weighted by atomic mass is 10.1. The number of nitrogens with two attached hydrogens (primary N) is 1. The number of hydrogen-bond acceptors (Lipinski definition) is 4. The Bertz CT molecular complexity index is 307. The quantitative estimate of drug-likeness (QED) is 0.227. The van der Waals surface area contributed by atoms with Crippen LogP contribution in [0.4, 0.5) is 0 Å². The summed E-state index contributed by atoms with van der Waals surface area (Å²) in [6.45, 7) is 5.85. The minimum atomic E-state index is -0.385. The van der Waals surface area contributed by atoms with Crippen LogP contribution in [0.1, 0.15) is 33.6 Å². The fraction of sp³-hybridized carbons (Fsp3) is 0.700. The molecule has 0 saturated heterocycles. The molecule has 98 valence electrons. The molecule has 0 spiro atoms. The summed E-state index contributed by atoms with van der Waals surface area (Å²) in [5, 5.41) is 16.2. The van der Waals surface area contributed by atoms with Gasteiger partial charge < -0.3 is 21.6 Å². The van der Waals surface area contributed by atoms with Crippen LogP contribution in [0.25, 0.3) is 0 Å². The second-order valence-electron chi connectivity index (χ2n) is 4.67. The van der Waals surface area contributed by atoms with Crippen LogP contribution < -0.4 is 16.4 Å². The van der Waals surface area contributed by atoms with Crippen molar-refractivity contribution >= 4 is 17.6 Å². The van der Waals surface area contributed by atoms with Gasteiger partial charge in [-0.15, -0.1) is 0 Å². The normalized spacial score (nSPS) is 12.1. The van der Waals surface area contributed by atoms with Crippen LogP contribution in [0, 0.1) is 0 Å². The standard InChI is InChI=1S/C10H20N4O3/c1-10(2,3)13-8(15)4-5-12-9(16)6-7(11)14-17/h17H,4-6H2,1-3H3,(H2,11,14)(H,12,16)(H,13,15). The molecule has 0 aliphatic rings. The van der Waals surface area contributed by atoms with Crippen LogP contribution in [0.3, 0.4) is 0 Å². The van der Waals surface area contributed by atoms with Gasteiger partial charge in [0.15, 0.2) is 0 Å². The molecule has 0 atom stereocenters. The Morgan fingerprint density at radius 3 is 2.35 bits per heavy atom. The van der Waals surface area contributed by atoms with Gasteiger partial charge in [-0.25, -0.2) is 0 Å². The minimum absolute atomic E-state index is 0.137. The first kappa shape index (κ1) is 15.2. The second kappa shape index (κ2) is 6.72. The lowest BCUT2D eigenvalue weighted by molar-refractivity contribution is -0.122. The zero-order chi connectivity index (χ0) is 13.5. The second-order valence-corrected chi connectivity index (χ2v) is 4.67. The van der Waals surface area contributed by atoms with E-state index >= 15 is 0 Å². The smallest absolute Gasteiger partial charge is 0.227 e. The highest BCUT2D eigenvalue weighted by Gasteiger charge is 2.13. The van der Waals surface area contributed by atoms with Crippen molar-refractivity contribution in [3.8, 4) is 0 Å². The van der Waals surface area contributed by atoms with Gasteiger partial charge in [0.05, 0.1) is 6.42 Å². The maximum atomic E-state index is 11.4. The van der Waals surface area contributed by atoms with Crippen molar-refractivity contribution in [1.82, 2.24) is 10.6 Å². The van der Waals surface area contributed by atoms with Gasteiger partial charge in [-0.2, -0.15) is 0 Å². The van der Waals surface area contributed by atoms with Crippen molar-refractivity contribution in [3.05, 3.63) is 0 Å². The Morgan fingerprint density at radius 1 is 1.29 bits per heavy atom. The molecule has 0 rings (SSSR count). The summed E-state index contributed by atoms with van der Waals surface area (Å²) in [5.74, 6) is -0.688. The molecule has 0 bridgehead atoms. The molecule has 0 aliphatic heterocycles. The van der Waals surface area contributed by atoms with Crippen LogP contribution in [-0.4, -0.2) is 34.9 Å². The summed E-state index contributed by atoms with van der Waals surface area (Å²) in [5.41, 5.74) is 4.87. The lowest BCUT2D eigenvalue weighted by Gasteiger charge is -2.20. The SMILES string of the molecule is CC(C)(C)NC(=O)CCNC(=O)CC(N)=NO. The van der Waals surface area contributed by atoms with E-state index in [0.29, 0.717) is 0 Å². The van der Waals surface area contributed by atoms with E-state index in [1.54, 1.807) is 0 Å². The molecule has 0 unspecified atom stereocenters.